The second-order valence-electron chi connectivity index (χ2n) is 2.65. The molecular formula is C9H6BrFS. The quantitative estimate of drug-likeness (QED) is 0.655. The van der Waals surface area contributed by atoms with Gasteiger partial charge in [-0.3, -0.25) is 0 Å². The van der Waals surface area contributed by atoms with Crippen molar-refractivity contribution in [2.45, 2.75) is 6.92 Å². The fraction of sp³-hybridized carbons (Fsp3) is 0.111. The molecule has 0 nitrogen and oxygen atoms in total. The summed E-state index contributed by atoms with van der Waals surface area (Å²) in [6.45, 7) is 1.89. The molecule has 2 aromatic rings. The first kappa shape index (κ1) is 8.20. The van der Waals surface area contributed by atoms with E-state index in [1.54, 1.807) is 6.07 Å². The fourth-order valence-corrected chi connectivity index (χ4v) is 2.58. The minimum Gasteiger partial charge on any atom is -0.205 e. The summed E-state index contributed by atoms with van der Waals surface area (Å²) in [5.41, 5.74) is 0.943. The third-order valence-corrected chi connectivity index (χ3v) is 3.78. The molecule has 0 spiro atoms. The van der Waals surface area contributed by atoms with E-state index in [2.05, 4.69) is 15.9 Å². The molecule has 12 heavy (non-hydrogen) atoms. The van der Waals surface area contributed by atoms with Crippen molar-refractivity contribution in [3.05, 3.63) is 33.4 Å². The molecule has 0 bridgehead atoms. The van der Waals surface area contributed by atoms with Gasteiger partial charge in [0.2, 0.25) is 0 Å². The van der Waals surface area contributed by atoms with Crippen LogP contribution in [0.25, 0.3) is 10.1 Å². The van der Waals surface area contributed by atoms with E-state index in [1.807, 2.05) is 18.4 Å². The first-order valence-corrected chi connectivity index (χ1v) is 5.19. The Kier molecular flexibility index (Phi) is 1.93. The lowest BCUT2D eigenvalue weighted by Gasteiger charge is -2.00. The maximum atomic E-state index is 13.2. The second kappa shape index (κ2) is 2.82. The number of rotatable bonds is 0. The molecule has 1 aromatic carbocycles. The molecule has 0 saturated heterocycles. The molecule has 0 saturated carbocycles. The molecule has 0 unspecified atom stereocenters. The van der Waals surface area contributed by atoms with E-state index in [1.165, 1.54) is 11.3 Å². The Morgan fingerprint density at radius 1 is 1.50 bits per heavy atom. The predicted octanol–water partition coefficient (Wildman–Crippen LogP) is 4.11. The highest BCUT2D eigenvalue weighted by Crippen LogP contribution is 2.32. The maximum absolute atomic E-state index is 13.2. The first-order chi connectivity index (χ1) is 5.70. The number of halogens is 2. The van der Waals surface area contributed by atoms with Gasteiger partial charge in [-0.1, -0.05) is 0 Å². The highest BCUT2D eigenvalue weighted by atomic mass is 79.9. The summed E-state index contributed by atoms with van der Waals surface area (Å²) >= 11 is 4.87. The van der Waals surface area contributed by atoms with E-state index in [0.717, 1.165) is 20.1 Å². The molecule has 3 heteroatoms. The van der Waals surface area contributed by atoms with Crippen molar-refractivity contribution < 1.29 is 4.39 Å². The Morgan fingerprint density at radius 3 is 3.00 bits per heavy atom. The highest BCUT2D eigenvalue weighted by Gasteiger charge is 2.07. The van der Waals surface area contributed by atoms with Gasteiger partial charge in [0.15, 0.2) is 0 Å². The SMILES string of the molecule is Cc1cc(F)c2sccc2c1Br. The number of benzene rings is 1. The Bertz CT molecular complexity index is 433. The zero-order chi connectivity index (χ0) is 8.72. The Morgan fingerprint density at radius 2 is 2.25 bits per heavy atom. The van der Waals surface area contributed by atoms with Gasteiger partial charge in [-0.05, 0) is 45.9 Å². The molecule has 0 N–H and O–H groups in total. The normalized spacial score (nSPS) is 10.9. The standard InChI is InChI=1S/C9H6BrFS/c1-5-4-7(11)9-6(8(5)10)2-3-12-9/h2-4H,1H3. The predicted molar refractivity (Wildman–Crippen MR) is 54.2 cm³/mol. The van der Waals surface area contributed by atoms with Gasteiger partial charge in [-0.15, -0.1) is 11.3 Å². The smallest absolute Gasteiger partial charge is 0.141 e. The maximum Gasteiger partial charge on any atom is 0.141 e. The van der Waals surface area contributed by atoms with Crippen molar-refractivity contribution in [3.8, 4) is 0 Å². The van der Waals surface area contributed by atoms with E-state index < -0.39 is 0 Å². The van der Waals surface area contributed by atoms with Gasteiger partial charge in [0.05, 0.1) is 4.70 Å². The van der Waals surface area contributed by atoms with Crippen molar-refractivity contribution in [1.29, 1.82) is 0 Å². The van der Waals surface area contributed by atoms with E-state index in [-0.39, 0.29) is 5.82 Å². The Labute approximate surface area is 82.2 Å². The first-order valence-electron chi connectivity index (χ1n) is 3.52. The van der Waals surface area contributed by atoms with Crippen LogP contribution in [0.1, 0.15) is 5.56 Å². The van der Waals surface area contributed by atoms with Gasteiger partial charge in [0.1, 0.15) is 5.82 Å². The summed E-state index contributed by atoms with van der Waals surface area (Å²) in [4.78, 5) is 0. The van der Waals surface area contributed by atoms with Crippen LogP contribution in [0.4, 0.5) is 4.39 Å². The topological polar surface area (TPSA) is 0 Å². The average molecular weight is 245 g/mol. The van der Waals surface area contributed by atoms with Gasteiger partial charge < -0.3 is 0 Å². The van der Waals surface area contributed by atoms with Crippen molar-refractivity contribution >= 4 is 37.4 Å². The lowest BCUT2D eigenvalue weighted by molar-refractivity contribution is 0.640. The van der Waals surface area contributed by atoms with Crippen LogP contribution in [0.2, 0.25) is 0 Å². The molecule has 1 aromatic heterocycles. The Balaban J connectivity index is 2.97. The molecule has 0 atom stereocenters. The lowest BCUT2D eigenvalue weighted by atomic mass is 10.2. The van der Waals surface area contributed by atoms with Crippen molar-refractivity contribution in [2.24, 2.45) is 0 Å². The summed E-state index contributed by atoms with van der Waals surface area (Å²) in [6.07, 6.45) is 0. The third-order valence-electron chi connectivity index (χ3n) is 1.81. The van der Waals surface area contributed by atoms with Gasteiger partial charge in [0, 0.05) is 9.86 Å². The minimum absolute atomic E-state index is 0.124. The number of fused-ring (bicyclic) bond motifs is 1. The number of aryl methyl sites for hydroxylation is 1. The van der Waals surface area contributed by atoms with Gasteiger partial charge in [-0.2, -0.15) is 0 Å². The number of hydrogen-bond donors (Lipinski definition) is 0. The van der Waals surface area contributed by atoms with Crippen molar-refractivity contribution in [2.75, 3.05) is 0 Å². The summed E-state index contributed by atoms with van der Waals surface area (Å²) in [7, 11) is 0. The Hall–Kier alpha value is -0.410. The number of thiophene rings is 1. The van der Waals surface area contributed by atoms with Crippen LogP contribution in [-0.2, 0) is 0 Å². The molecule has 2 rings (SSSR count). The molecule has 0 amide bonds. The van der Waals surface area contributed by atoms with Crippen LogP contribution in [0.15, 0.2) is 22.0 Å². The molecule has 62 valence electrons. The van der Waals surface area contributed by atoms with Crippen molar-refractivity contribution in [3.63, 3.8) is 0 Å². The summed E-state index contributed by atoms with van der Waals surface area (Å²) < 4.78 is 15.0. The van der Waals surface area contributed by atoms with E-state index in [9.17, 15) is 4.39 Å². The largest absolute Gasteiger partial charge is 0.205 e. The van der Waals surface area contributed by atoms with Gasteiger partial charge >= 0.3 is 0 Å². The zero-order valence-corrected chi connectivity index (χ0v) is 8.80. The molecule has 1 heterocycles. The zero-order valence-electron chi connectivity index (χ0n) is 6.40. The average Bonchev–Trinajstić information content (AvgIpc) is 2.48. The summed E-state index contributed by atoms with van der Waals surface area (Å²) in [6, 6.07) is 3.49. The molecular weight excluding hydrogens is 239 g/mol. The third kappa shape index (κ3) is 1.08. The monoisotopic (exact) mass is 244 g/mol. The molecule has 0 aliphatic rings. The molecule has 0 fully saturated rings. The van der Waals surface area contributed by atoms with E-state index in [4.69, 9.17) is 0 Å². The van der Waals surface area contributed by atoms with Crippen LogP contribution in [0.5, 0.6) is 0 Å². The van der Waals surface area contributed by atoms with Crippen LogP contribution >= 0.6 is 27.3 Å². The lowest BCUT2D eigenvalue weighted by Crippen LogP contribution is -1.80. The van der Waals surface area contributed by atoms with Crippen molar-refractivity contribution in [1.82, 2.24) is 0 Å². The summed E-state index contributed by atoms with van der Waals surface area (Å²) in [5, 5.41) is 2.87. The van der Waals surface area contributed by atoms with Crippen LogP contribution in [-0.4, -0.2) is 0 Å². The van der Waals surface area contributed by atoms with E-state index >= 15 is 0 Å². The van der Waals surface area contributed by atoms with Crippen LogP contribution in [0, 0.1) is 12.7 Å². The molecule has 0 aliphatic carbocycles. The van der Waals surface area contributed by atoms with Crippen LogP contribution in [0.3, 0.4) is 0 Å². The highest BCUT2D eigenvalue weighted by molar-refractivity contribution is 9.10. The second-order valence-corrected chi connectivity index (χ2v) is 4.36. The van der Waals surface area contributed by atoms with Crippen LogP contribution < -0.4 is 0 Å². The van der Waals surface area contributed by atoms with Gasteiger partial charge in [0.25, 0.3) is 0 Å². The fourth-order valence-electron chi connectivity index (χ4n) is 1.20. The summed E-state index contributed by atoms with van der Waals surface area (Å²) in [5.74, 6) is -0.124. The molecule has 0 aliphatic heterocycles. The minimum atomic E-state index is -0.124. The number of hydrogen-bond acceptors (Lipinski definition) is 1. The van der Waals surface area contributed by atoms with E-state index in [0.29, 0.717) is 0 Å². The van der Waals surface area contributed by atoms with Gasteiger partial charge in [-0.25, -0.2) is 4.39 Å². The molecule has 0 radical (unpaired) electrons.